The SMILES string of the molecule is CCOc1cccc(-c2noc([C@H](C)N)n2)c1. The van der Waals surface area contributed by atoms with Crippen molar-refractivity contribution in [3.63, 3.8) is 0 Å². The molecule has 0 bridgehead atoms. The van der Waals surface area contributed by atoms with Gasteiger partial charge in [-0.05, 0) is 26.0 Å². The zero-order valence-electron chi connectivity index (χ0n) is 9.88. The standard InChI is InChI=1S/C12H15N3O2/c1-3-16-10-6-4-5-9(7-10)11-14-12(8(2)13)17-15-11/h4-8H,3,13H2,1-2H3/t8-/m0/s1. The minimum atomic E-state index is -0.258. The van der Waals surface area contributed by atoms with Gasteiger partial charge in [-0.25, -0.2) is 0 Å². The van der Waals surface area contributed by atoms with Gasteiger partial charge < -0.3 is 15.0 Å². The fraction of sp³-hybridized carbons (Fsp3) is 0.333. The summed E-state index contributed by atoms with van der Waals surface area (Å²) in [5, 5.41) is 3.89. The minimum Gasteiger partial charge on any atom is -0.494 e. The third-order valence-electron chi connectivity index (χ3n) is 2.23. The summed E-state index contributed by atoms with van der Waals surface area (Å²) < 4.78 is 10.5. The molecule has 0 amide bonds. The predicted molar refractivity (Wildman–Crippen MR) is 63.5 cm³/mol. The molecule has 5 nitrogen and oxygen atoms in total. The Balaban J connectivity index is 2.28. The van der Waals surface area contributed by atoms with Crippen LogP contribution in [0.2, 0.25) is 0 Å². The van der Waals surface area contributed by atoms with Gasteiger partial charge in [0.2, 0.25) is 11.7 Å². The summed E-state index contributed by atoms with van der Waals surface area (Å²) in [6.45, 7) is 4.37. The molecule has 1 atom stereocenters. The van der Waals surface area contributed by atoms with Crippen LogP contribution in [0.1, 0.15) is 25.8 Å². The van der Waals surface area contributed by atoms with Crippen LogP contribution < -0.4 is 10.5 Å². The Morgan fingerprint density at radius 2 is 2.29 bits per heavy atom. The Kier molecular flexibility index (Phi) is 3.39. The first kappa shape index (κ1) is 11.6. The highest BCUT2D eigenvalue weighted by molar-refractivity contribution is 5.56. The van der Waals surface area contributed by atoms with Crippen LogP contribution in [-0.2, 0) is 0 Å². The third kappa shape index (κ3) is 2.62. The molecule has 0 spiro atoms. The third-order valence-corrected chi connectivity index (χ3v) is 2.23. The van der Waals surface area contributed by atoms with Crippen molar-refractivity contribution in [2.75, 3.05) is 6.61 Å². The molecule has 1 aromatic heterocycles. The number of benzene rings is 1. The van der Waals surface area contributed by atoms with Crippen molar-refractivity contribution in [3.05, 3.63) is 30.2 Å². The van der Waals surface area contributed by atoms with Crippen molar-refractivity contribution in [2.45, 2.75) is 19.9 Å². The first-order valence-electron chi connectivity index (χ1n) is 5.53. The summed E-state index contributed by atoms with van der Waals surface area (Å²) in [7, 11) is 0. The fourth-order valence-corrected chi connectivity index (χ4v) is 1.43. The van der Waals surface area contributed by atoms with E-state index in [4.69, 9.17) is 15.0 Å². The van der Waals surface area contributed by atoms with Gasteiger partial charge in [0.1, 0.15) is 5.75 Å². The molecule has 0 radical (unpaired) electrons. The molecule has 2 aromatic rings. The molecule has 2 rings (SSSR count). The highest BCUT2D eigenvalue weighted by Crippen LogP contribution is 2.22. The maximum absolute atomic E-state index is 5.66. The lowest BCUT2D eigenvalue weighted by Gasteiger charge is -2.03. The zero-order chi connectivity index (χ0) is 12.3. The van der Waals surface area contributed by atoms with Crippen LogP contribution in [0, 0.1) is 0 Å². The summed E-state index contributed by atoms with van der Waals surface area (Å²) >= 11 is 0. The number of ether oxygens (including phenoxy) is 1. The van der Waals surface area contributed by atoms with Crippen LogP contribution in [-0.4, -0.2) is 16.7 Å². The van der Waals surface area contributed by atoms with Gasteiger partial charge in [0, 0.05) is 5.56 Å². The Morgan fingerprint density at radius 1 is 1.47 bits per heavy atom. The predicted octanol–water partition coefficient (Wildman–Crippen LogP) is 2.15. The second-order valence-electron chi connectivity index (χ2n) is 3.71. The first-order valence-corrected chi connectivity index (χ1v) is 5.53. The smallest absolute Gasteiger partial charge is 0.243 e. The summed E-state index contributed by atoms with van der Waals surface area (Å²) in [5.41, 5.74) is 6.52. The molecule has 0 saturated heterocycles. The topological polar surface area (TPSA) is 74.2 Å². The van der Waals surface area contributed by atoms with Crippen LogP contribution in [0.15, 0.2) is 28.8 Å². The van der Waals surface area contributed by atoms with Crippen molar-refractivity contribution in [2.24, 2.45) is 5.73 Å². The summed E-state index contributed by atoms with van der Waals surface area (Å²) in [6.07, 6.45) is 0. The molecule has 0 aliphatic heterocycles. The van der Waals surface area contributed by atoms with E-state index in [9.17, 15) is 0 Å². The van der Waals surface area contributed by atoms with Crippen molar-refractivity contribution in [1.82, 2.24) is 10.1 Å². The molecule has 2 N–H and O–H groups in total. The summed E-state index contributed by atoms with van der Waals surface area (Å²) in [6, 6.07) is 7.30. The molecule has 0 aliphatic carbocycles. The lowest BCUT2D eigenvalue weighted by molar-refractivity contribution is 0.340. The van der Waals surface area contributed by atoms with Crippen LogP contribution in [0.25, 0.3) is 11.4 Å². The number of hydrogen-bond donors (Lipinski definition) is 1. The highest BCUT2D eigenvalue weighted by atomic mass is 16.5. The van der Waals surface area contributed by atoms with E-state index in [2.05, 4.69) is 10.1 Å². The molecule has 17 heavy (non-hydrogen) atoms. The fourth-order valence-electron chi connectivity index (χ4n) is 1.43. The molecule has 0 aliphatic rings. The number of nitrogens with zero attached hydrogens (tertiary/aromatic N) is 2. The lowest BCUT2D eigenvalue weighted by Crippen LogP contribution is -2.04. The van der Waals surface area contributed by atoms with Gasteiger partial charge in [-0.15, -0.1) is 0 Å². The van der Waals surface area contributed by atoms with E-state index in [-0.39, 0.29) is 6.04 Å². The monoisotopic (exact) mass is 233 g/mol. The Hall–Kier alpha value is -1.88. The van der Waals surface area contributed by atoms with Crippen LogP contribution >= 0.6 is 0 Å². The zero-order valence-corrected chi connectivity index (χ0v) is 9.88. The molecule has 1 heterocycles. The van der Waals surface area contributed by atoms with Crippen LogP contribution in [0.5, 0.6) is 5.75 Å². The average Bonchev–Trinajstić information content (AvgIpc) is 2.79. The Bertz CT molecular complexity index is 494. The van der Waals surface area contributed by atoms with Gasteiger partial charge in [-0.2, -0.15) is 4.98 Å². The van der Waals surface area contributed by atoms with E-state index in [0.717, 1.165) is 11.3 Å². The molecular formula is C12H15N3O2. The van der Waals surface area contributed by atoms with Crippen molar-refractivity contribution in [1.29, 1.82) is 0 Å². The number of nitrogens with two attached hydrogens (primary N) is 1. The molecule has 5 heteroatoms. The molecule has 0 fully saturated rings. The van der Waals surface area contributed by atoms with Crippen LogP contribution in [0.4, 0.5) is 0 Å². The molecular weight excluding hydrogens is 218 g/mol. The number of rotatable bonds is 4. The molecule has 90 valence electrons. The maximum atomic E-state index is 5.66. The molecule has 0 unspecified atom stereocenters. The van der Waals surface area contributed by atoms with Gasteiger partial charge in [-0.3, -0.25) is 0 Å². The molecule has 1 aromatic carbocycles. The summed E-state index contributed by atoms with van der Waals surface area (Å²) in [5.74, 6) is 1.75. The van der Waals surface area contributed by atoms with E-state index in [1.165, 1.54) is 0 Å². The second kappa shape index (κ2) is 4.97. The Morgan fingerprint density at radius 3 is 2.94 bits per heavy atom. The number of hydrogen-bond acceptors (Lipinski definition) is 5. The molecule has 0 saturated carbocycles. The van der Waals surface area contributed by atoms with Crippen molar-refractivity contribution < 1.29 is 9.26 Å². The first-order chi connectivity index (χ1) is 8.20. The van der Waals surface area contributed by atoms with E-state index < -0.39 is 0 Å². The van der Waals surface area contributed by atoms with Crippen LogP contribution in [0.3, 0.4) is 0 Å². The van der Waals surface area contributed by atoms with Crippen molar-refractivity contribution in [3.8, 4) is 17.1 Å². The van der Waals surface area contributed by atoms with Gasteiger partial charge >= 0.3 is 0 Å². The summed E-state index contributed by atoms with van der Waals surface area (Å²) in [4.78, 5) is 4.22. The largest absolute Gasteiger partial charge is 0.494 e. The van der Waals surface area contributed by atoms with Gasteiger partial charge in [0.15, 0.2) is 0 Å². The van der Waals surface area contributed by atoms with E-state index in [1.807, 2.05) is 31.2 Å². The number of aromatic nitrogens is 2. The highest BCUT2D eigenvalue weighted by Gasteiger charge is 2.11. The lowest BCUT2D eigenvalue weighted by atomic mass is 10.2. The average molecular weight is 233 g/mol. The van der Waals surface area contributed by atoms with Gasteiger partial charge in [-0.1, -0.05) is 17.3 Å². The maximum Gasteiger partial charge on any atom is 0.243 e. The normalized spacial score (nSPS) is 12.4. The van der Waals surface area contributed by atoms with Crippen molar-refractivity contribution >= 4 is 0 Å². The van der Waals surface area contributed by atoms with E-state index in [0.29, 0.717) is 18.3 Å². The quantitative estimate of drug-likeness (QED) is 0.875. The van der Waals surface area contributed by atoms with E-state index in [1.54, 1.807) is 6.92 Å². The van der Waals surface area contributed by atoms with Gasteiger partial charge in [0.05, 0.1) is 12.6 Å². The Labute approximate surface area is 99.6 Å². The van der Waals surface area contributed by atoms with E-state index >= 15 is 0 Å². The minimum absolute atomic E-state index is 0.258. The van der Waals surface area contributed by atoms with Gasteiger partial charge in [0.25, 0.3) is 0 Å². The second-order valence-corrected chi connectivity index (χ2v) is 3.71.